The molecule has 0 saturated carbocycles. The SMILES string of the molecule is Cc1ccc(NS(=O)(=O)c2csc(C(=O)Nc3cc(C)on3)c2)c(C)c1. The Morgan fingerprint density at radius 1 is 1.15 bits per heavy atom. The molecule has 0 atom stereocenters. The summed E-state index contributed by atoms with van der Waals surface area (Å²) in [6.07, 6.45) is 0. The molecule has 2 N–H and O–H groups in total. The van der Waals surface area contributed by atoms with Crippen LogP contribution in [0.1, 0.15) is 26.6 Å². The predicted octanol–water partition coefficient (Wildman–Crippen LogP) is 3.71. The Morgan fingerprint density at radius 3 is 2.58 bits per heavy atom. The summed E-state index contributed by atoms with van der Waals surface area (Å²) in [6.45, 7) is 5.47. The summed E-state index contributed by atoms with van der Waals surface area (Å²) in [5.41, 5.74) is 2.37. The molecule has 0 saturated heterocycles. The van der Waals surface area contributed by atoms with Gasteiger partial charge in [-0.25, -0.2) is 8.42 Å². The molecule has 0 unspecified atom stereocenters. The van der Waals surface area contributed by atoms with Crippen molar-refractivity contribution in [2.45, 2.75) is 25.7 Å². The van der Waals surface area contributed by atoms with Crippen molar-refractivity contribution in [1.82, 2.24) is 5.16 Å². The molecule has 0 bridgehead atoms. The molecule has 0 aliphatic carbocycles. The first-order chi connectivity index (χ1) is 12.2. The van der Waals surface area contributed by atoms with E-state index in [-0.39, 0.29) is 15.6 Å². The van der Waals surface area contributed by atoms with Crippen LogP contribution in [-0.4, -0.2) is 19.5 Å². The predicted molar refractivity (Wildman–Crippen MR) is 100 cm³/mol. The van der Waals surface area contributed by atoms with E-state index in [1.54, 1.807) is 19.1 Å². The van der Waals surface area contributed by atoms with E-state index in [4.69, 9.17) is 4.52 Å². The summed E-state index contributed by atoms with van der Waals surface area (Å²) in [5.74, 6) is 0.391. The molecule has 136 valence electrons. The molecule has 2 heterocycles. The van der Waals surface area contributed by atoms with Crippen LogP contribution in [0.2, 0.25) is 0 Å². The van der Waals surface area contributed by atoms with Crippen LogP contribution in [-0.2, 0) is 10.0 Å². The number of sulfonamides is 1. The molecule has 0 fully saturated rings. The van der Waals surface area contributed by atoms with E-state index in [0.29, 0.717) is 11.4 Å². The molecular weight excluding hydrogens is 374 g/mol. The van der Waals surface area contributed by atoms with Crippen LogP contribution in [0.25, 0.3) is 0 Å². The van der Waals surface area contributed by atoms with Gasteiger partial charge >= 0.3 is 0 Å². The Labute approximate surface area is 155 Å². The van der Waals surface area contributed by atoms with Gasteiger partial charge in [0.2, 0.25) is 0 Å². The highest BCUT2D eigenvalue weighted by Gasteiger charge is 2.20. The van der Waals surface area contributed by atoms with Gasteiger partial charge in [0.05, 0.1) is 15.5 Å². The highest BCUT2D eigenvalue weighted by molar-refractivity contribution is 7.92. The van der Waals surface area contributed by atoms with Gasteiger partial charge in [-0.05, 0) is 38.5 Å². The minimum atomic E-state index is -3.78. The maximum Gasteiger partial charge on any atom is 0.267 e. The molecule has 0 spiro atoms. The fourth-order valence-corrected chi connectivity index (χ4v) is 4.61. The largest absolute Gasteiger partial charge is 0.360 e. The number of carbonyl (C=O) groups is 1. The minimum absolute atomic E-state index is 0.0314. The third-order valence-electron chi connectivity index (χ3n) is 3.61. The van der Waals surface area contributed by atoms with Crippen molar-refractivity contribution in [3.63, 3.8) is 0 Å². The van der Waals surface area contributed by atoms with Crippen LogP contribution in [0, 0.1) is 20.8 Å². The fraction of sp³-hybridized carbons (Fsp3) is 0.176. The third kappa shape index (κ3) is 3.94. The fourth-order valence-electron chi connectivity index (χ4n) is 2.31. The van der Waals surface area contributed by atoms with Gasteiger partial charge in [0.25, 0.3) is 15.9 Å². The molecule has 0 aliphatic heterocycles. The lowest BCUT2D eigenvalue weighted by Gasteiger charge is -2.10. The van der Waals surface area contributed by atoms with E-state index in [2.05, 4.69) is 15.2 Å². The Morgan fingerprint density at radius 2 is 1.92 bits per heavy atom. The lowest BCUT2D eigenvalue weighted by molar-refractivity contribution is 0.102. The maximum atomic E-state index is 12.6. The first kappa shape index (κ1) is 18.2. The second-order valence-electron chi connectivity index (χ2n) is 5.85. The van der Waals surface area contributed by atoms with Gasteiger partial charge in [0.15, 0.2) is 5.82 Å². The molecule has 9 heteroatoms. The number of amides is 1. The summed E-state index contributed by atoms with van der Waals surface area (Å²) in [5, 5.41) is 7.66. The van der Waals surface area contributed by atoms with E-state index in [9.17, 15) is 13.2 Å². The van der Waals surface area contributed by atoms with Gasteiger partial charge in [-0.1, -0.05) is 22.9 Å². The first-order valence-electron chi connectivity index (χ1n) is 7.68. The third-order valence-corrected chi connectivity index (χ3v) is 6.03. The van der Waals surface area contributed by atoms with Gasteiger partial charge < -0.3 is 9.84 Å². The normalized spacial score (nSPS) is 11.3. The van der Waals surface area contributed by atoms with Crippen LogP contribution in [0.3, 0.4) is 0 Å². The van der Waals surface area contributed by atoms with Gasteiger partial charge in [0.1, 0.15) is 5.76 Å². The minimum Gasteiger partial charge on any atom is -0.360 e. The van der Waals surface area contributed by atoms with Crippen molar-refractivity contribution in [3.8, 4) is 0 Å². The summed E-state index contributed by atoms with van der Waals surface area (Å²) >= 11 is 1.04. The molecule has 3 rings (SSSR count). The molecule has 26 heavy (non-hydrogen) atoms. The number of benzene rings is 1. The average molecular weight is 391 g/mol. The standard InChI is InChI=1S/C17H17N3O4S2/c1-10-4-5-14(11(2)6-10)20-26(22,23)13-8-15(25-9-13)17(21)18-16-7-12(3)24-19-16/h4-9,20H,1-3H3,(H,18,19,21). The zero-order chi connectivity index (χ0) is 18.9. The Kier molecular flexibility index (Phi) is 4.84. The summed E-state index contributed by atoms with van der Waals surface area (Å²) < 4.78 is 32.6. The van der Waals surface area contributed by atoms with Gasteiger partial charge in [-0.3, -0.25) is 9.52 Å². The number of aromatic nitrogens is 1. The number of rotatable bonds is 5. The van der Waals surface area contributed by atoms with Crippen LogP contribution < -0.4 is 10.0 Å². The van der Waals surface area contributed by atoms with E-state index in [1.807, 2.05) is 26.0 Å². The van der Waals surface area contributed by atoms with E-state index >= 15 is 0 Å². The topological polar surface area (TPSA) is 101 Å². The van der Waals surface area contributed by atoms with Crippen molar-refractivity contribution in [3.05, 3.63) is 57.5 Å². The lowest BCUT2D eigenvalue weighted by atomic mass is 10.1. The van der Waals surface area contributed by atoms with Crippen LogP contribution in [0.15, 0.2) is 45.1 Å². The van der Waals surface area contributed by atoms with Crippen molar-refractivity contribution in [2.75, 3.05) is 10.0 Å². The average Bonchev–Trinajstić information content (AvgIpc) is 3.20. The van der Waals surface area contributed by atoms with Crippen LogP contribution in [0.4, 0.5) is 11.5 Å². The van der Waals surface area contributed by atoms with Crippen molar-refractivity contribution < 1.29 is 17.7 Å². The number of thiophene rings is 1. The van der Waals surface area contributed by atoms with Gasteiger partial charge in [0, 0.05) is 11.4 Å². The number of aryl methyl sites for hydroxylation is 3. The van der Waals surface area contributed by atoms with Gasteiger partial charge in [-0.15, -0.1) is 11.3 Å². The molecule has 1 aromatic carbocycles. The molecule has 7 nitrogen and oxygen atoms in total. The molecule has 0 radical (unpaired) electrons. The second kappa shape index (κ2) is 6.93. The van der Waals surface area contributed by atoms with Crippen molar-refractivity contribution in [2.24, 2.45) is 0 Å². The summed E-state index contributed by atoms with van der Waals surface area (Å²) in [4.78, 5) is 12.5. The highest BCUT2D eigenvalue weighted by Crippen LogP contribution is 2.25. The van der Waals surface area contributed by atoms with E-state index in [0.717, 1.165) is 22.5 Å². The van der Waals surface area contributed by atoms with E-state index < -0.39 is 15.9 Å². The smallest absolute Gasteiger partial charge is 0.267 e. The lowest BCUT2D eigenvalue weighted by Crippen LogP contribution is -2.14. The zero-order valence-electron chi connectivity index (χ0n) is 14.4. The zero-order valence-corrected chi connectivity index (χ0v) is 16.0. The maximum absolute atomic E-state index is 12.6. The summed E-state index contributed by atoms with van der Waals surface area (Å²) in [6, 6.07) is 8.35. The monoisotopic (exact) mass is 391 g/mol. The van der Waals surface area contributed by atoms with Crippen LogP contribution in [0.5, 0.6) is 0 Å². The number of nitrogens with zero attached hydrogens (tertiary/aromatic N) is 1. The molecule has 1 amide bonds. The molecule has 0 aliphatic rings. The number of hydrogen-bond donors (Lipinski definition) is 2. The van der Waals surface area contributed by atoms with E-state index in [1.165, 1.54) is 11.4 Å². The molecule has 3 aromatic rings. The van der Waals surface area contributed by atoms with Gasteiger partial charge in [-0.2, -0.15) is 0 Å². The Hall–Kier alpha value is -2.65. The van der Waals surface area contributed by atoms with Crippen molar-refractivity contribution >= 4 is 38.8 Å². The number of hydrogen-bond acceptors (Lipinski definition) is 6. The first-order valence-corrected chi connectivity index (χ1v) is 10.0. The van der Waals surface area contributed by atoms with Crippen LogP contribution >= 0.6 is 11.3 Å². The number of carbonyl (C=O) groups excluding carboxylic acids is 1. The highest BCUT2D eigenvalue weighted by atomic mass is 32.2. The number of anilines is 2. The summed E-state index contributed by atoms with van der Waals surface area (Å²) in [7, 11) is -3.78. The quantitative estimate of drug-likeness (QED) is 0.690. The van der Waals surface area contributed by atoms with Crippen molar-refractivity contribution in [1.29, 1.82) is 0 Å². The molecule has 2 aromatic heterocycles. The second-order valence-corrected chi connectivity index (χ2v) is 8.44. The molecular formula is C17H17N3O4S2. The number of nitrogens with one attached hydrogen (secondary N) is 2. The Bertz CT molecular complexity index is 1070. The Balaban J connectivity index is 1.78.